The normalized spacial score (nSPS) is 10.3. The van der Waals surface area contributed by atoms with Crippen molar-refractivity contribution in [2.24, 2.45) is 0 Å². The molecule has 0 spiro atoms. The van der Waals surface area contributed by atoms with E-state index in [1.807, 2.05) is 13.1 Å². The summed E-state index contributed by atoms with van der Waals surface area (Å²) in [6.07, 6.45) is 1.94. The maximum atomic E-state index is 4.33. The van der Waals surface area contributed by atoms with Crippen LogP contribution in [0.15, 0.2) is 36.5 Å². The number of hydrogen-bond donors (Lipinski definition) is 0. The lowest BCUT2D eigenvalue weighted by molar-refractivity contribution is 1.20. The second kappa shape index (κ2) is 3.85. The lowest BCUT2D eigenvalue weighted by Gasteiger charge is -2.07. The summed E-state index contributed by atoms with van der Waals surface area (Å²) in [6, 6.07) is 10.7. The van der Waals surface area contributed by atoms with Crippen molar-refractivity contribution in [2.45, 2.75) is 20.8 Å². The van der Waals surface area contributed by atoms with Crippen molar-refractivity contribution in [2.75, 3.05) is 0 Å². The Hall–Kier alpha value is -1.63. The standard InChI is InChI=1S/C14H15N/c1-10-4-5-11(2)14(8-10)13-7-6-12(3)15-9-13/h4-9H,1-3H3. The van der Waals surface area contributed by atoms with E-state index < -0.39 is 0 Å². The molecule has 2 rings (SSSR count). The molecular formula is C14H15N. The van der Waals surface area contributed by atoms with E-state index in [2.05, 4.69) is 49.2 Å². The summed E-state index contributed by atoms with van der Waals surface area (Å²) in [6.45, 7) is 6.26. The molecule has 0 radical (unpaired) electrons. The van der Waals surface area contributed by atoms with Crippen LogP contribution in [0.2, 0.25) is 0 Å². The van der Waals surface area contributed by atoms with Gasteiger partial charge in [-0.3, -0.25) is 4.98 Å². The van der Waals surface area contributed by atoms with Crippen LogP contribution in [-0.2, 0) is 0 Å². The Bertz CT molecular complexity index is 469. The average Bonchev–Trinajstić information content (AvgIpc) is 2.23. The number of pyridine rings is 1. The molecule has 0 unspecified atom stereocenters. The highest BCUT2D eigenvalue weighted by Crippen LogP contribution is 2.23. The quantitative estimate of drug-likeness (QED) is 0.679. The first-order chi connectivity index (χ1) is 7.16. The molecule has 76 valence electrons. The van der Waals surface area contributed by atoms with Crippen molar-refractivity contribution >= 4 is 0 Å². The topological polar surface area (TPSA) is 12.9 Å². The molecule has 0 N–H and O–H groups in total. The van der Waals surface area contributed by atoms with E-state index >= 15 is 0 Å². The molecule has 1 heterocycles. The van der Waals surface area contributed by atoms with Crippen molar-refractivity contribution in [1.29, 1.82) is 0 Å². The molecular weight excluding hydrogens is 182 g/mol. The maximum absolute atomic E-state index is 4.33. The zero-order valence-corrected chi connectivity index (χ0v) is 9.41. The fraction of sp³-hybridized carbons (Fsp3) is 0.214. The van der Waals surface area contributed by atoms with E-state index in [0.717, 1.165) is 5.69 Å². The van der Waals surface area contributed by atoms with Gasteiger partial charge in [0.1, 0.15) is 0 Å². The van der Waals surface area contributed by atoms with E-state index in [1.54, 1.807) is 0 Å². The summed E-state index contributed by atoms with van der Waals surface area (Å²) in [5.74, 6) is 0. The first kappa shape index (κ1) is 9.91. The van der Waals surface area contributed by atoms with Crippen LogP contribution in [0.1, 0.15) is 16.8 Å². The minimum atomic E-state index is 1.06. The molecule has 0 aliphatic heterocycles. The predicted octanol–water partition coefficient (Wildman–Crippen LogP) is 3.67. The van der Waals surface area contributed by atoms with Crippen LogP contribution in [0.4, 0.5) is 0 Å². The van der Waals surface area contributed by atoms with Crippen molar-refractivity contribution in [1.82, 2.24) is 4.98 Å². The van der Waals surface area contributed by atoms with Crippen molar-refractivity contribution in [3.05, 3.63) is 53.3 Å². The van der Waals surface area contributed by atoms with E-state index in [0.29, 0.717) is 0 Å². The molecule has 0 aliphatic rings. The first-order valence-electron chi connectivity index (χ1n) is 5.17. The molecule has 0 fully saturated rings. The van der Waals surface area contributed by atoms with Crippen LogP contribution in [0.3, 0.4) is 0 Å². The van der Waals surface area contributed by atoms with Gasteiger partial charge in [0.15, 0.2) is 0 Å². The third-order valence-electron chi connectivity index (χ3n) is 2.62. The molecule has 0 aliphatic carbocycles. The Morgan fingerprint density at radius 2 is 1.73 bits per heavy atom. The molecule has 2 aromatic rings. The molecule has 0 saturated carbocycles. The van der Waals surface area contributed by atoms with Gasteiger partial charge in [0.25, 0.3) is 0 Å². The number of rotatable bonds is 1. The minimum Gasteiger partial charge on any atom is -0.261 e. The number of benzene rings is 1. The van der Waals surface area contributed by atoms with E-state index in [9.17, 15) is 0 Å². The van der Waals surface area contributed by atoms with Crippen LogP contribution in [-0.4, -0.2) is 4.98 Å². The smallest absolute Gasteiger partial charge is 0.0373 e. The van der Waals surface area contributed by atoms with Crippen LogP contribution in [0, 0.1) is 20.8 Å². The van der Waals surface area contributed by atoms with Crippen LogP contribution in [0.5, 0.6) is 0 Å². The number of aromatic nitrogens is 1. The summed E-state index contributed by atoms with van der Waals surface area (Å²) in [5.41, 5.74) is 6.12. The minimum absolute atomic E-state index is 1.06. The summed E-state index contributed by atoms with van der Waals surface area (Å²) in [5, 5.41) is 0. The van der Waals surface area contributed by atoms with E-state index in [4.69, 9.17) is 0 Å². The van der Waals surface area contributed by atoms with Gasteiger partial charge in [0, 0.05) is 17.5 Å². The maximum Gasteiger partial charge on any atom is 0.0373 e. The molecule has 0 bridgehead atoms. The van der Waals surface area contributed by atoms with Crippen molar-refractivity contribution < 1.29 is 0 Å². The lowest BCUT2D eigenvalue weighted by atomic mass is 10.00. The predicted molar refractivity (Wildman–Crippen MR) is 63.9 cm³/mol. The SMILES string of the molecule is Cc1ccc(C)c(-c2ccc(C)nc2)c1. The molecule has 1 aromatic heterocycles. The zero-order valence-electron chi connectivity index (χ0n) is 9.41. The lowest BCUT2D eigenvalue weighted by Crippen LogP contribution is -1.87. The second-order valence-corrected chi connectivity index (χ2v) is 4.01. The third-order valence-corrected chi connectivity index (χ3v) is 2.62. The van der Waals surface area contributed by atoms with Gasteiger partial charge < -0.3 is 0 Å². The van der Waals surface area contributed by atoms with Crippen LogP contribution < -0.4 is 0 Å². The monoisotopic (exact) mass is 197 g/mol. The largest absolute Gasteiger partial charge is 0.261 e. The Morgan fingerprint density at radius 1 is 0.933 bits per heavy atom. The number of nitrogens with zero attached hydrogens (tertiary/aromatic N) is 1. The Morgan fingerprint density at radius 3 is 2.40 bits per heavy atom. The molecule has 0 amide bonds. The van der Waals surface area contributed by atoms with Gasteiger partial charge in [0.2, 0.25) is 0 Å². The zero-order chi connectivity index (χ0) is 10.8. The van der Waals surface area contributed by atoms with Gasteiger partial charge in [-0.2, -0.15) is 0 Å². The highest BCUT2D eigenvalue weighted by atomic mass is 14.7. The molecule has 1 aromatic carbocycles. The van der Waals surface area contributed by atoms with E-state index in [1.165, 1.54) is 22.3 Å². The Kier molecular flexibility index (Phi) is 2.55. The summed E-state index contributed by atoms with van der Waals surface area (Å²) in [4.78, 5) is 4.33. The number of hydrogen-bond acceptors (Lipinski definition) is 1. The summed E-state index contributed by atoms with van der Waals surface area (Å²) >= 11 is 0. The first-order valence-corrected chi connectivity index (χ1v) is 5.17. The molecule has 0 atom stereocenters. The fourth-order valence-corrected chi connectivity index (χ4v) is 1.67. The van der Waals surface area contributed by atoms with Crippen molar-refractivity contribution in [3.8, 4) is 11.1 Å². The highest BCUT2D eigenvalue weighted by molar-refractivity contribution is 5.67. The molecule has 15 heavy (non-hydrogen) atoms. The second-order valence-electron chi connectivity index (χ2n) is 4.01. The van der Waals surface area contributed by atoms with Crippen molar-refractivity contribution in [3.63, 3.8) is 0 Å². The molecule has 0 saturated heterocycles. The average molecular weight is 197 g/mol. The highest BCUT2D eigenvalue weighted by Gasteiger charge is 2.01. The van der Waals surface area contributed by atoms with Crippen LogP contribution in [0.25, 0.3) is 11.1 Å². The molecule has 1 heteroatoms. The van der Waals surface area contributed by atoms with Gasteiger partial charge in [-0.05, 0) is 38.0 Å². The molecule has 1 nitrogen and oxygen atoms in total. The fourth-order valence-electron chi connectivity index (χ4n) is 1.67. The summed E-state index contributed by atoms with van der Waals surface area (Å²) < 4.78 is 0. The van der Waals surface area contributed by atoms with Gasteiger partial charge in [-0.15, -0.1) is 0 Å². The van der Waals surface area contributed by atoms with Gasteiger partial charge >= 0.3 is 0 Å². The third kappa shape index (κ3) is 2.07. The van der Waals surface area contributed by atoms with Gasteiger partial charge in [0.05, 0.1) is 0 Å². The summed E-state index contributed by atoms with van der Waals surface area (Å²) in [7, 11) is 0. The Labute approximate surface area is 90.8 Å². The van der Waals surface area contributed by atoms with Crippen LogP contribution >= 0.6 is 0 Å². The van der Waals surface area contributed by atoms with Gasteiger partial charge in [-0.25, -0.2) is 0 Å². The Balaban J connectivity index is 2.53. The van der Waals surface area contributed by atoms with Gasteiger partial charge in [-0.1, -0.05) is 29.8 Å². The number of aryl methyl sites for hydroxylation is 3. The van der Waals surface area contributed by atoms with E-state index in [-0.39, 0.29) is 0 Å².